The summed E-state index contributed by atoms with van der Waals surface area (Å²) in [5.74, 6) is 0.888. The summed E-state index contributed by atoms with van der Waals surface area (Å²) in [6, 6.07) is 14.3. The van der Waals surface area contributed by atoms with E-state index in [1.807, 2.05) is 24.3 Å². The number of nitrogens with one attached hydrogen (secondary N) is 1. The second kappa shape index (κ2) is 8.71. The number of halogens is 1. The molecule has 0 fully saturated rings. The van der Waals surface area contributed by atoms with Gasteiger partial charge in [-0.2, -0.15) is 4.98 Å². The first kappa shape index (κ1) is 19.6. The van der Waals surface area contributed by atoms with E-state index < -0.39 is 0 Å². The standard InChI is InChI=1S/C20H19BrN4O3/c1-3-28-19(26)12-5-4-6-14(9-12)23-18-11-16(24-20(22)25-18)15-10-13(21)7-8-17(15)27-2/h4-11H,3H2,1-2H3,(H3,22,23,24,25). The molecular weight excluding hydrogens is 424 g/mol. The number of esters is 1. The van der Waals surface area contributed by atoms with Gasteiger partial charge in [0.15, 0.2) is 0 Å². The summed E-state index contributed by atoms with van der Waals surface area (Å²) in [6.45, 7) is 2.08. The maximum atomic E-state index is 11.9. The Balaban J connectivity index is 1.94. The molecule has 1 aromatic heterocycles. The van der Waals surface area contributed by atoms with Crippen molar-refractivity contribution >= 4 is 39.4 Å². The van der Waals surface area contributed by atoms with E-state index in [0.717, 1.165) is 10.0 Å². The number of nitrogens with zero attached hydrogens (tertiary/aromatic N) is 2. The van der Waals surface area contributed by atoms with Crippen molar-refractivity contribution in [3.05, 3.63) is 58.6 Å². The third-order valence-corrected chi connectivity index (χ3v) is 4.32. The second-order valence-corrected chi connectivity index (χ2v) is 6.68. The van der Waals surface area contributed by atoms with E-state index >= 15 is 0 Å². The summed E-state index contributed by atoms with van der Waals surface area (Å²) in [6.07, 6.45) is 0. The highest BCUT2D eigenvalue weighted by Gasteiger charge is 2.12. The minimum atomic E-state index is -0.382. The number of rotatable bonds is 6. The van der Waals surface area contributed by atoms with Crippen LogP contribution in [0.25, 0.3) is 11.3 Å². The van der Waals surface area contributed by atoms with Crippen molar-refractivity contribution < 1.29 is 14.3 Å². The third kappa shape index (κ3) is 4.58. The lowest BCUT2D eigenvalue weighted by molar-refractivity contribution is 0.0526. The Labute approximate surface area is 171 Å². The van der Waals surface area contributed by atoms with Crippen molar-refractivity contribution in [3.63, 3.8) is 0 Å². The van der Waals surface area contributed by atoms with Gasteiger partial charge >= 0.3 is 5.97 Å². The van der Waals surface area contributed by atoms with Gasteiger partial charge in [0.2, 0.25) is 5.95 Å². The van der Waals surface area contributed by atoms with Crippen molar-refractivity contribution in [1.82, 2.24) is 9.97 Å². The lowest BCUT2D eigenvalue weighted by Crippen LogP contribution is -2.06. The van der Waals surface area contributed by atoms with Crippen LogP contribution in [0, 0.1) is 0 Å². The van der Waals surface area contributed by atoms with Gasteiger partial charge in [-0.1, -0.05) is 22.0 Å². The van der Waals surface area contributed by atoms with Crippen molar-refractivity contribution in [3.8, 4) is 17.0 Å². The molecule has 28 heavy (non-hydrogen) atoms. The number of carbonyl (C=O) groups excluding carboxylic acids is 1. The maximum absolute atomic E-state index is 11.9. The second-order valence-electron chi connectivity index (χ2n) is 5.77. The fraction of sp³-hybridized carbons (Fsp3) is 0.150. The van der Waals surface area contributed by atoms with Gasteiger partial charge in [-0.15, -0.1) is 0 Å². The van der Waals surface area contributed by atoms with E-state index in [0.29, 0.717) is 35.1 Å². The number of hydrogen-bond acceptors (Lipinski definition) is 7. The Morgan fingerprint density at radius 3 is 2.75 bits per heavy atom. The van der Waals surface area contributed by atoms with Crippen LogP contribution in [0.5, 0.6) is 5.75 Å². The number of anilines is 3. The largest absolute Gasteiger partial charge is 0.496 e. The van der Waals surface area contributed by atoms with E-state index in [1.54, 1.807) is 38.3 Å². The molecule has 0 saturated heterocycles. The first-order chi connectivity index (χ1) is 13.5. The number of hydrogen-bond donors (Lipinski definition) is 2. The lowest BCUT2D eigenvalue weighted by atomic mass is 10.1. The van der Waals surface area contributed by atoms with E-state index in [-0.39, 0.29) is 11.9 Å². The highest BCUT2D eigenvalue weighted by Crippen LogP contribution is 2.33. The smallest absolute Gasteiger partial charge is 0.338 e. The highest BCUT2D eigenvalue weighted by molar-refractivity contribution is 9.10. The summed E-state index contributed by atoms with van der Waals surface area (Å²) >= 11 is 3.46. The van der Waals surface area contributed by atoms with Gasteiger partial charge < -0.3 is 20.5 Å². The number of nitrogen functional groups attached to an aromatic ring is 1. The summed E-state index contributed by atoms with van der Waals surface area (Å²) in [5.41, 5.74) is 8.41. The van der Waals surface area contributed by atoms with Crippen molar-refractivity contribution in [2.45, 2.75) is 6.92 Å². The van der Waals surface area contributed by atoms with Crippen molar-refractivity contribution in [2.75, 3.05) is 24.8 Å². The van der Waals surface area contributed by atoms with Gasteiger partial charge in [-0.25, -0.2) is 9.78 Å². The molecule has 3 N–H and O–H groups in total. The summed E-state index contributed by atoms with van der Waals surface area (Å²) in [4.78, 5) is 20.5. The fourth-order valence-corrected chi connectivity index (χ4v) is 3.00. The maximum Gasteiger partial charge on any atom is 0.338 e. The zero-order valence-corrected chi connectivity index (χ0v) is 17.0. The molecular formula is C20H19BrN4O3. The van der Waals surface area contributed by atoms with Gasteiger partial charge in [0.25, 0.3) is 0 Å². The van der Waals surface area contributed by atoms with Gasteiger partial charge in [0.05, 0.1) is 25.0 Å². The molecule has 2 aromatic carbocycles. The third-order valence-electron chi connectivity index (χ3n) is 3.83. The number of methoxy groups -OCH3 is 1. The van der Waals surface area contributed by atoms with Gasteiger partial charge in [-0.3, -0.25) is 0 Å². The van der Waals surface area contributed by atoms with Crippen molar-refractivity contribution in [2.24, 2.45) is 0 Å². The van der Waals surface area contributed by atoms with E-state index in [1.165, 1.54) is 0 Å². The van der Waals surface area contributed by atoms with Crippen LogP contribution in [0.4, 0.5) is 17.5 Å². The molecule has 0 atom stereocenters. The Morgan fingerprint density at radius 1 is 1.18 bits per heavy atom. The van der Waals surface area contributed by atoms with Gasteiger partial charge in [0, 0.05) is 21.8 Å². The molecule has 0 unspecified atom stereocenters. The normalized spacial score (nSPS) is 10.4. The predicted molar refractivity (Wildman–Crippen MR) is 112 cm³/mol. The lowest BCUT2D eigenvalue weighted by Gasteiger charge is -2.12. The topological polar surface area (TPSA) is 99.4 Å². The molecule has 7 nitrogen and oxygen atoms in total. The van der Waals surface area contributed by atoms with E-state index in [9.17, 15) is 4.79 Å². The van der Waals surface area contributed by atoms with Crippen LogP contribution in [-0.2, 0) is 4.74 Å². The summed E-state index contributed by atoms with van der Waals surface area (Å²) in [5, 5.41) is 3.15. The van der Waals surface area contributed by atoms with Crippen LogP contribution >= 0.6 is 15.9 Å². The summed E-state index contributed by atoms with van der Waals surface area (Å²) in [7, 11) is 1.59. The van der Waals surface area contributed by atoms with Crippen molar-refractivity contribution in [1.29, 1.82) is 0 Å². The van der Waals surface area contributed by atoms with E-state index in [2.05, 4.69) is 31.2 Å². The van der Waals surface area contributed by atoms with Crippen LogP contribution in [0.1, 0.15) is 17.3 Å². The van der Waals surface area contributed by atoms with Crippen LogP contribution in [-0.4, -0.2) is 29.7 Å². The molecule has 0 aliphatic carbocycles. The SMILES string of the molecule is CCOC(=O)c1cccc(Nc2cc(-c3cc(Br)ccc3OC)nc(N)n2)c1. The molecule has 0 aliphatic heterocycles. The molecule has 8 heteroatoms. The Kier molecular flexibility index (Phi) is 6.10. The van der Waals surface area contributed by atoms with Gasteiger partial charge in [0.1, 0.15) is 11.6 Å². The summed E-state index contributed by atoms with van der Waals surface area (Å²) < 4.78 is 11.3. The molecule has 0 bridgehead atoms. The number of carbonyl (C=O) groups is 1. The zero-order chi connectivity index (χ0) is 20.1. The average molecular weight is 443 g/mol. The first-order valence-electron chi connectivity index (χ1n) is 8.53. The Morgan fingerprint density at radius 2 is 2.00 bits per heavy atom. The van der Waals surface area contributed by atoms with Crippen LogP contribution in [0.15, 0.2) is 53.0 Å². The molecule has 3 rings (SSSR count). The molecule has 1 heterocycles. The minimum Gasteiger partial charge on any atom is -0.496 e. The molecule has 0 saturated carbocycles. The predicted octanol–water partition coefficient (Wildman–Crippen LogP) is 4.42. The van der Waals surface area contributed by atoms with Crippen LogP contribution in [0.2, 0.25) is 0 Å². The average Bonchev–Trinajstić information content (AvgIpc) is 2.68. The number of ether oxygens (including phenoxy) is 2. The minimum absolute atomic E-state index is 0.114. The Hall–Kier alpha value is -3.13. The van der Waals surface area contributed by atoms with Crippen LogP contribution < -0.4 is 15.8 Å². The monoisotopic (exact) mass is 442 g/mol. The molecule has 144 valence electrons. The molecule has 0 spiro atoms. The molecule has 3 aromatic rings. The number of benzene rings is 2. The molecule has 0 amide bonds. The molecule has 0 aliphatic rings. The fourth-order valence-electron chi connectivity index (χ4n) is 2.63. The Bertz CT molecular complexity index is 1010. The number of aromatic nitrogens is 2. The quantitative estimate of drug-likeness (QED) is 0.544. The first-order valence-corrected chi connectivity index (χ1v) is 9.32. The van der Waals surface area contributed by atoms with Gasteiger partial charge in [-0.05, 0) is 43.3 Å². The highest BCUT2D eigenvalue weighted by atomic mass is 79.9. The molecule has 0 radical (unpaired) electrons. The number of nitrogens with two attached hydrogens (primary N) is 1. The zero-order valence-electron chi connectivity index (χ0n) is 15.4. The van der Waals surface area contributed by atoms with Crippen LogP contribution in [0.3, 0.4) is 0 Å². The van der Waals surface area contributed by atoms with E-state index in [4.69, 9.17) is 15.2 Å².